The summed E-state index contributed by atoms with van der Waals surface area (Å²) in [6, 6.07) is 6.79. The Hall–Kier alpha value is -1.60. The fourth-order valence-corrected chi connectivity index (χ4v) is 2.39. The van der Waals surface area contributed by atoms with Crippen molar-refractivity contribution in [3.8, 4) is 5.75 Å². The van der Waals surface area contributed by atoms with E-state index in [2.05, 4.69) is 4.74 Å². The minimum atomic E-state index is -3.35. The molecule has 0 saturated heterocycles. The van der Waals surface area contributed by atoms with Crippen LogP contribution in [-0.2, 0) is 14.8 Å². The first-order valence-electron chi connectivity index (χ1n) is 6.74. The van der Waals surface area contributed by atoms with E-state index in [0.29, 0.717) is 24.3 Å². The molecule has 0 aliphatic heterocycles. The second-order valence-corrected chi connectivity index (χ2v) is 6.38. The van der Waals surface area contributed by atoms with Gasteiger partial charge in [0.25, 0.3) is 0 Å². The number of unbranched alkanes of at least 4 members (excludes halogenated alkanes) is 3. The van der Waals surface area contributed by atoms with E-state index in [9.17, 15) is 13.2 Å². The molecule has 7 heteroatoms. The Morgan fingerprint density at radius 1 is 1.19 bits per heavy atom. The van der Waals surface area contributed by atoms with Crippen LogP contribution >= 0.6 is 0 Å². The molecule has 0 spiro atoms. The van der Waals surface area contributed by atoms with Crippen LogP contribution in [0.5, 0.6) is 5.75 Å². The Balaban J connectivity index is 2.22. The lowest BCUT2D eigenvalue weighted by Crippen LogP contribution is -2.16. The number of ether oxygens (including phenoxy) is 2. The van der Waals surface area contributed by atoms with Crippen LogP contribution in [0.1, 0.15) is 36.0 Å². The summed E-state index contributed by atoms with van der Waals surface area (Å²) in [5.74, 6) is 0.237. The van der Waals surface area contributed by atoms with Gasteiger partial charge in [-0.2, -0.15) is 0 Å². The first-order valence-corrected chi connectivity index (χ1v) is 8.45. The molecule has 0 bridgehead atoms. The van der Waals surface area contributed by atoms with Gasteiger partial charge in [-0.3, -0.25) is 0 Å². The molecule has 0 amide bonds. The third-order valence-electron chi connectivity index (χ3n) is 2.85. The Morgan fingerprint density at radius 3 is 2.57 bits per heavy atom. The second-order valence-electron chi connectivity index (χ2n) is 4.65. The van der Waals surface area contributed by atoms with Crippen LogP contribution in [0.25, 0.3) is 0 Å². The van der Waals surface area contributed by atoms with Crippen LogP contribution in [0, 0.1) is 0 Å². The molecule has 0 saturated carbocycles. The van der Waals surface area contributed by atoms with Crippen molar-refractivity contribution in [1.82, 2.24) is 0 Å². The van der Waals surface area contributed by atoms with Crippen molar-refractivity contribution in [1.29, 1.82) is 0 Å². The summed E-state index contributed by atoms with van der Waals surface area (Å²) in [6.07, 6.45) is 3.04. The number of hydrogen-bond donors (Lipinski definition) is 1. The monoisotopic (exact) mass is 315 g/mol. The highest BCUT2D eigenvalue weighted by molar-refractivity contribution is 7.89. The van der Waals surface area contributed by atoms with Gasteiger partial charge in [-0.15, -0.1) is 0 Å². The first-order chi connectivity index (χ1) is 9.92. The Bertz CT molecular complexity index is 556. The van der Waals surface area contributed by atoms with Crippen LogP contribution in [0.15, 0.2) is 24.3 Å². The van der Waals surface area contributed by atoms with Crippen LogP contribution in [-0.4, -0.2) is 33.9 Å². The zero-order valence-electron chi connectivity index (χ0n) is 12.1. The zero-order chi connectivity index (χ0) is 15.7. The molecule has 1 aromatic rings. The topological polar surface area (TPSA) is 95.7 Å². The molecule has 21 heavy (non-hydrogen) atoms. The molecule has 0 fully saturated rings. The predicted octanol–water partition coefficient (Wildman–Crippen LogP) is 1.70. The van der Waals surface area contributed by atoms with Crippen molar-refractivity contribution in [3.05, 3.63) is 29.8 Å². The van der Waals surface area contributed by atoms with Crippen molar-refractivity contribution < 1.29 is 22.7 Å². The molecule has 0 aliphatic rings. The lowest BCUT2D eigenvalue weighted by atomic mass is 10.2. The molecule has 0 atom stereocenters. The quantitative estimate of drug-likeness (QED) is 0.553. The SMILES string of the molecule is COC(=O)c1cccc(OCCCCCCS(N)(=O)=O)c1. The number of benzene rings is 1. The van der Waals surface area contributed by atoms with Crippen molar-refractivity contribution in [2.75, 3.05) is 19.5 Å². The van der Waals surface area contributed by atoms with Gasteiger partial charge >= 0.3 is 5.97 Å². The first kappa shape index (κ1) is 17.5. The van der Waals surface area contributed by atoms with Crippen molar-refractivity contribution >= 4 is 16.0 Å². The summed E-state index contributed by atoms with van der Waals surface area (Å²) >= 11 is 0. The number of methoxy groups -OCH3 is 1. The van der Waals surface area contributed by atoms with E-state index in [1.54, 1.807) is 24.3 Å². The number of sulfonamides is 1. The minimum Gasteiger partial charge on any atom is -0.494 e. The highest BCUT2D eigenvalue weighted by atomic mass is 32.2. The summed E-state index contributed by atoms with van der Waals surface area (Å²) in [5.41, 5.74) is 0.447. The van der Waals surface area contributed by atoms with E-state index in [0.717, 1.165) is 19.3 Å². The van der Waals surface area contributed by atoms with Gasteiger partial charge in [0, 0.05) is 0 Å². The number of rotatable bonds is 9. The Morgan fingerprint density at radius 2 is 1.90 bits per heavy atom. The zero-order valence-corrected chi connectivity index (χ0v) is 12.9. The van der Waals surface area contributed by atoms with E-state index in [1.807, 2.05) is 0 Å². The van der Waals surface area contributed by atoms with Crippen molar-refractivity contribution in [2.24, 2.45) is 5.14 Å². The van der Waals surface area contributed by atoms with Crippen molar-refractivity contribution in [3.63, 3.8) is 0 Å². The molecule has 1 aromatic carbocycles. The van der Waals surface area contributed by atoms with E-state index in [-0.39, 0.29) is 5.75 Å². The number of hydrogen-bond acceptors (Lipinski definition) is 5. The van der Waals surface area contributed by atoms with Gasteiger partial charge in [0.2, 0.25) is 10.0 Å². The number of nitrogens with two attached hydrogens (primary N) is 1. The van der Waals surface area contributed by atoms with Crippen LogP contribution < -0.4 is 9.88 Å². The molecular formula is C14H21NO5S. The van der Waals surface area contributed by atoms with Gasteiger partial charge in [0.1, 0.15) is 5.75 Å². The molecule has 0 heterocycles. The van der Waals surface area contributed by atoms with Crippen LogP contribution in [0.2, 0.25) is 0 Å². The van der Waals surface area contributed by atoms with Crippen LogP contribution in [0.4, 0.5) is 0 Å². The fraction of sp³-hybridized carbons (Fsp3) is 0.500. The number of esters is 1. The maximum Gasteiger partial charge on any atom is 0.337 e. The molecule has 6 nitrogen and oxygen atoms in total. The maximum absolute atomic E-state index is 11.4. The minimum absolute atomic E-state index is 0.0228. The molecule has 2 N–H and O–H groups in total. The van der Waals surface area contributed by atoms with E-state index < -0.39 is 16.0 Å². The molecule has 0 radical (unpaired) electrons. The highest BCUT2D eigenvalue weighted by Crippen LogP contribution is 2.14. The number of carbonyl (C=O) groups excluding carboxylic acids is 1. The van der Waals surface area contributed by atoms with Gasteiger partial charge < -0.3 is 9.47 Å². The Labute approximate surface area is 125 Å². The van der Waals surface area contributed by atoms with Crippen molar-refractivity contribution in [2.45, 2.75) is 25.7 Å². The summed E-state index contributed by atoms with van der Waals surface area (Å²) < 4.78 is 31.6. The third kappa shape index (κ3) is 7.67. The van der Waals surface area contributed by atoms with Gasteiger partial charge in [-0.1, -0.05) is 18.9 Å². The molecule has 0 unspecified atom stereocenters. The van der Waals surface area contributed by atoms with E-state index in [4.69, 9.17) is 9.88 Å². The normalized spacial score (nSPS) is 11.1. The summed E-state index contributed by atoms with van der Waals surface area (Å²) in [7, 11) is -2.02. The molecule has 118 valence electrons. The van der Waals surface area contributed by atoms with E-state index >= 15 is 0 Å². The fourth-order valence-electron chi connectivity index (χ4n) is 1.78. The largest absolute Gasteiger partial charge is 0.494 e. The highest BCUT2D eigenvalue weighted by Gasteiger charge is 2.06. The average molecular weight is 315 g/mol. The second kappa shape index (κ2) is 8.63. The van der Waals surface area contributed by atoms with Gasteiger partial charge in [-0.05, 0) is 31.0 Å². The number of primary sulfonamides is 1. The molecular weight excluding hydrogens is 294 g/mol. The third-order valence-corrected chi connectivity index (χ3v) is 3.70. The molecule has 0 aliphatic carbocycles. The van der Waals surface area contributed by atoms with Gasteiger partial charge in [0.15, 0.2) is 0 Å². The Kier molecular flexibility index (Phi) is 7.18. The standard InChI is InChI=1S/C14H21NO5S/c1-19-14(16)12-7-6-8-13(11-12)20-9-4-2-3-5-10-21(15,17)18/h6-8,11H,2-5,9-10H2,1H3,(H2,15,17,18). The van der Waals surface area contributed by atoms with Gasteiger partial charge in [0.05, 0.1) is 25.0 Å². The van der Waals surface area contributed by atoms with Crippen LogP contribution in [0.3, 0.4) is 0 Å². The molecule has 1 rings (SSSR count). The summed E-state index contributed by atoms with van der Waals surface area (Å²) in [5, 5.41) is 4.91. The van der Waals surface area contributed by atoms with E-state index in [1.165, 1.54) is 7.11 Å². The summed E-state index contributed by atoms with van der Waals surface area (Å²) in [4.78, 5) is 11.4. The lowest BCUT2D eigenvalue weighted by Gasteiger charge is -2.07. The smallest absolute Gasteiger partial charge is 0.337 e. The van der Waals surface area contributed by atoms with Gasteiger partial charge in [-0.25, -0.2) is 18.4 Å². The summed E-state index contributed by atoms with van der Waals surface area (Å²) in [6.45, 7) is 0.514. The maximum atomic E-state index is 11.4. The average Bonchev–Trinajstić information content (AvgIpc) is 2.44. The lowest BCUT2D eigenvalue weighted by molar-refractivity contribution is 0.0600. The predicted molar refractivity (Wildman–Crippen MR) is 79.7 cm³/mol. The molecule has 0 aromatic heterocycles. The number of carbonyl (C=O) groups is 1.